The molecule has 0 aliphatic heterocycles. The van der Waals surface area contributed by atoms with Crippen LogP contribution in [0.3, 0.4) is 0 Å². The topological polar surface area (TPSA) is 276 Å². The summed E-state index contributed by atoms with van der Waals surface area (Å²) in [6.45, 7) is 1.82. The molecule has 1 heterocycles. The maximum absolute atomic E-state index is 12.7. The Morgan fingerprint density at radius 1 is 0.719 bits per heavy atom. The molecule has 18 nitrogen and oxygen atoms in total. The zero-order chi connectivity index (χ0) is 41.4. The van der Waals surface area contributed by atoms with Gasteiger partial charge in [0.2, 0.25) is 17.2 Å². The van der Waals surface area contributed by atoms with E-state index in [9.17, 15) is 36.2 Å². The Morgan fingerprint density at radius 3 is 2.03 bits per heavy atom. The van der Waals surface area contributed by atoms with Crippen molar-refractivity contribution in [2.75, 3.05) is 17.7 Å². The largest absolute Gasteiger partial charge is 1.00 e. The number of anilines is 4. The van der Waals surface area contributed by atoms with E-state index >= 15 is 0 Å². The van der Waals surface area contributed by atoms with E-state index < -0.39 is 52.5 Å². The van der Waals surface area contributed by atoms with Crippen molar-refractivity contribution in [1.29, 1.82) is 0 Å². The third-order valence-electron chi connectivity index (χ3n) is 8.15. The molecule has 0 atom stereocenters. The number of halogens is 1. The van der Waals surface area contributed by atoms with Gasteiger partial charge in [-0.1, -0.05) is 35.5 Å². The van der Waals surface area contributed by atoms with Crippen molar-refractivity contribution >= 4 is 99.4 Å². The Bertz CT molecular complexity index is 3090. The van der Waals surface area contributed by atoms with Gasteiger partial charge in [-0.15, -0.1) is 34.1 Å². The number of methoxy groups -OCH3 is 1. The van der Waals surface area contributed by atoms with E-state index in [-0.39, 0.29) is 239 Å². The number of aromatic hydroxyl groups is 2. The monoisotopic (exact) mass is 973 g/mol. The fraction of sp³-hybridized carbons (Fsp3) is 0.0541. The molecule has 0 amide bonds. The molecule has 0 radical (unpaired) electrons. The number of benzene rings is 6. The molecule has 7 rings (SSSR count). The van der Waals surface area contributed by atoms with Gasteiger partial charge in [-0.2, -0.15) is 91.4 Å². The zero-order valence-electron chi connectivity index (χ0n) is 35.5. The van der Waals surface area contributed by atoms with Crippen LogP contribution in [0.1, 0.15) is 5.56 Å². The summed E-state index contributed by atoms with van der Waals surface area (Å²) in [4.78, 5) is 10.6. The van der Waals surface area contributed by atoms with Crippen LogP contribution in [0.25, 0.3) is 21.5 Å². The second kappa shape index (κ2) is 26.2. The van der Waals surface area contributed by atoms with Crippen LogP contribution in [-0.2, 0) is 20.2 Å². The Morgan fingerprint density at radius 2 is 1.41 bits per heavy atom. The fourth-order valence-corrected chi connectivity index (χ4v) is 7.21. The van der Waals surface area contributed by atoms with Crippen LogP contribution in [0.15, 0.2) is 103 Å². The number of nitrogens with one attached hydrogen (secondary N) is 2. The van der Waals surface area contributed by atoms with E-state index in [0.717, 1.165) is 17.7 Å². The third-order valence-corrected chi connectivity index (χ3v) is 10.1. The number of hydrogen-bond acceptors (Lipinski definition) is 18. The normalized spacial score (nSPS) is 11.0. The summed E-state index contributed by atoms with van der Waals surface area (Å²) in [5, 5.41) is 43.0. The molecule has 0 aliphatic carbocycles. The van der Waals surface area contributed by atoms with Gasteiger partial charge in [0, 0.05) is 33.5 Å². The molecular weight excluding hydrogens is 952 g/mol. The molecule has 294 valence electrons. The number of ether oxygens (including phenoxy) is 1. The van der Waals surface area contributed by atoms with E-state index in [0.29, 0.717) is 5.75 Å². The molecule has 7 aromatic rings. The van der Waals surface area contributed by atoms with Gasteiger partial charge >= 0.3 is 177 Å². The molecule has 0 unspecified atom stereocenters. The van der Waals surface area contributed by atoms with Crippen molar-refractivity contribution < 1.29 is 218 Å². The summed E-state index contributed by atoms with van der Waals surface area (Å²) in [5.74, 6) is -1.56. The zero-order valence-corrected chi connectivity index (χ0v) is 49.9. The van der Waals surface area contributed by atoms with Gasteiger partial charge in [0.25, 0.3) is 0 Å². The molecule has 0 saturated carbocycles. The van der Waals surface area contributed by atoms with E-state index in [2.05, 4.69) is 70.3 Å². The number of nitrogens with zero attached hydrogens (tertiary/aromatic N) is 7. The second-order valence-corrected chi connectivity index (χ2v) is 15.0. The molecule has 27 heteroatoms. The van der Waals surface area contributed by atoms with E-state index in [1.165, 1.54) is 37.4 Å². The summed E-state index contributed by atoms with van der Waals surface area (Å²) >= 11 is 6.21. The third kappa shape index (κ3) is 14.4. The quantitative estimate of drug-likeness (QED) is 0.0406. The Balaban J connectivity index is 0.00000341. The van der Waals surface area contributed by atoms with Crippen molar-refractivity contribution in [2.45, 2.75) is 16.7 Å². The van der Waals surface area contributed by atoms with Crippen LogP contribution in [0.5, 0.6) is 17.2 Å². The molecule has 0 saturated heterocycles. The summed E-state index contributed by atoms with van der Waals surface area (Å²) in [6.07, 6.45) is 0. The van der Waals surface area contributed by atoms with Crippen LogP contribution in [0.2, 0.25) is 5.28 Å². The van der Waals surface area contributed by atoms with Crippen LogP contribution >= 0.6 is 11.6 Å². The van der Waals surface area contributed by atoms with Gasteiger partial charge in [-0.3, -0.25) is 0 Å². The van der Waals surface area contributed by atoms with Crippen LogP contribution in [0.4, 0.5) is 46.0 Å². The first-order chi connectivity index (χ1) is 27.6. The van der Waals surface area contributed by atoms with Gasteiger partial charge in [-0.05, 0) is 23.4 Å². The van der Waals surface area contributed by atoms with Crippen molar-refractivity contribution in [3.63, 3.8) is 0 Å². The summed E-state index contributed by atoms with van der Waals surface area (Å²) in [7, 11) is -9.02. The van der Waals surface area contributed by atoms with Gasteiger partial charge in [0.15, 0.2) is 0 Å². The van der Waals surface area contributed by atoms with Gasteiger partial charge in [-0.25, -0.2) is 21.9 Å². The smallest absolute Gasteiger partial charge is 0.745 e. The molecule has 0 spiro atoms. The number of azo groups is 2. The number of hydrogen-bond donors (Lipinski definition) is 4. The first kappa shape index (κ1) is 61.2. The van der Waals surface area contributed by atoms with Crippen LogP contribution in [0, 0.1) is 31.2 Å². The second-order valence-electron chi connectivity index (χ2n) is 12.0. The van der Waals surface area contributed by atoms with Gasteiger partial charge < -0.3 is 34.7 Å². The molecule has 0 fully saturated rings. The number of phenolic OH excluding ortho intramolecular Hbond substituents is 2. The van der Waals surface area contributed by atoms with E-state index in [4.69, 9.17) is 16.3 Å². The molecule has 1 aromatic heterocycles. The number of rotatable bonds is 11. The molecule has 6 aromatic carbocycles. The average molecular weight is 974 g/mol. The predicted molar refractivity (Wildman–Crippen MR) is 206 cm³/mol. The van der Waals surface area contributed by atoms with Crippen molar-refractivity contribution in [1.82, 2.24) is 15.0 Å². The van der Waals surface area contributed by atoms with E-state index in [1.807, 2.05) is 6.92 Å². The SMILES string of the molecule is COc1cc[c-]cc1N=Nc1[c-]cc2c(S(=O)(=O)[O-])c(Nc3nc(Cl)nc(Nc4c[c-]cc5cc(S(=O)(=O)[O-])c(N=Nc6[c-]cc(C)cc6)c(O)c45)n3)ccc2c1O.[Na+].[Na+].[Na+].[Na+].[Na+].[Na+]. The fourth-order valence-electron chi connectivity index (χ4n) is 5.58. The number of fused-ring (bicyclic) bond motifs is 2. The standard InChI is InChI=1S/C37H24ClN9O9S2.6Na/c1-19-10-12-21(13-11-19)44-47-31-29(57(50,51)52)18-20-6-5-8-25(30(20)33(31)49)39-36-41-35(38)42-37(43-36)40-27-17-14-22-23(34(27)58(53,54)55)15-16-26(32(22)48)46-45-24-7-3-4-9-28(24)56-2;;;;;;/h4,6-12,14-15,17-18,48-49H,1-2H3,(H,50,51,52)(H,53,54,55)(H2,39,40,41,42,43);;;;;;/q-4;6*+1/p-2. The van der Waals surface area contributed by atoms with E-state index in [1.54, 1.807) is 30.3 Å². The molecule has 64 heavy (non-hydrogen) atoms. The van der Waals surface area contributed by atoms with Crippen molar-refractivity contribution in [3.05, 3.63) is 108 Å². The Labute approximate surface area is 504 Å². The number of aromatic nitrogens is 3. The van der Waals surface area contributed by atoms with Crippen LogP contribution in [-0.4, -0.2) is 58.2 Å². The average Bonchev–Trinajstić information content (AvgIpc) is 3.17. The first-order valence-corrected chi connectivity index (χ1v) is 19.4. The molecule has 4 N–H and O–H groups in total. The van der Waals surface area contributed by atoms with Gasteiger partial charge in [0.05, 0.1) is 12.0 Å². The number of aryl methyl sites for hydroxylation is 1. The van der Waals surface area contributed by atoms with Gasteiger partial charge in [0.1, 0.15) is 31.7 Å². The molecule has 0 bridgehead atoms. The van der Waals surface area contributed by atoms with Crippen molar-refractivity contribution in [3.8, 4) is 17.2 Å². The molecule has 0 aliphatic rings. The summed E-state index contributed by atoms with van der Waals surface area (Å²) in [6, 6.07) is 27.9. The Hall–Kier alpha value is -0.840. The maximum atomic E-state index is 12.7. The minimum Gasteiger partial charge on any atom is -0.745 e. The first-order valence-electron chi connectivity index (χ1n) is 16.2. The summed E-state index contributed by atoms with van der Waals surface area (Å²) < 4.78 is 80.0. The predicted octanol–water partition coefficient (Wildman–Crippen LogP) is -10.1. The van der Waals surface area contributed by atoms with Crippen molar-refractivity contribution in [2.24, 2.45) is 20.5 Å². The van der Waals surface area contributed by atoms with Crippen LogP contribution < -0.4 is 193 Å². The summed E-state index contributed by atoms with van der Waals surface area (Å²) in [5.41, 5.74) is 0.217. The molecular formula is C37H22ClN9Na6O9S2. The maximum Gasteiger partial charge on any atom is 1.00 e. The minimum atomic E-state index is -5.27. The Kier molecular flexibility index (Phi) is 25.1. The number of phenols is 2. The minimum absolute atomic E-state index is 0.